The van der Waals surface area contributed by atoms with Crippen LogP contribution in [-0.2, 0) is 17.7 Å². The van der Waals surface area contributed by atoms with Gasteiger partial charge in [-0.15, -0.1) is 5.10 Å². The first kappa shape index (κ1) is 12.2. The van der Waals surface area contributed by atoms with E-state index in [0.717, 1.165) is 26.1 Å². The molecule has 0 amide bonds. The molecule has 2 aromatic heterocycles. The smallest absolute Gasteiger partial charge is 0.280 e. The minimum atomic E-state index is 0.400. The van der Waals surface area contributed by atoms with Gasteiger partial charge in [-0.2, -0.15) is 4.98 Å². The van der Waals surface area contributed by atoms with Crippen LogP contribution in [-0.4, -0.2) is 44.9 Å². The molecule has 0 aromatic carbocycles. The molecule has 19 heavy (non-hydrogen) atoms. The minimum absolute atomic E-state index is 0.400. The second-order valence-electron chi connectivity index (χ2n) is 4.61. The van der Waals surface area contributed by atoms with Gasteiger partial charge in [-0.1, -0.05) is 10.4 Å². The molecular formula is C11H16N6O2. The van der Waals surface area contributed by atoms with E-state index in [1.807, 2.05) is 0 Å². The largest absolute Gasteiger partial charge is 0.381 e. The Bertz CT molecular complexity index is 531. The van der Waals surface area contributed by atoms with Gasteiger partial charge in [0, 0.05) is 26.2 Å². The molecule has 3 heterocycles. The summed E-state index contributed by atoms with van der Waals surface area (Å²) in [6.45, 7) is 2.73. The maximum absolute atomic E-state index is 5.45. The number of ether oxygens (including phenoxy) is 1. The summed E-state index contributed by atoms with van der Waals surface area (Å²) in [7, 11) is 0. The minimum Gasteiger partial charge on any atom is -0.381 e. The summed E-state index contributed by atoms with van der Waals surface area (Å²) in [6, 6.07) is 0. The first-order chi connectivity index (χ1) is 9.35. The van der Waals surface area contributed by atoms with Gasteiger partial charge in [0.2, 0.25) is 0 Å². The van der Waals surface area contributed by atoms with Crippen molar-refractivity contribution in [3.8, 4) is 11.6 Å². The fourth-order valence-corrected chi connectivity index (χ4v) is 2.08. The predicted octanol–water partition coefficient (Wildman–Crippen LogP) is -0.134. The van der Waals surface area contributed by atoms with Gasteiger partial charge >= 0.3 is 0 Å². The lowest BCUT2D eigenvalue weighted by Crippen LogP contribution is -2.10. The van der Waals surface area contributed by atoms with E-state index in [1.165, 1.54) is 0 Å². The van der Waals surface area contributed by atoms with Crippen LogP contribution in [0.1, 0.15) is 12.2 Å². The van der Waals surface area contributed by atoms with Crippen LogP contribution in [0.4, 0.5) is 0 Å². The molecule has 1 unspecified atom stereocenters. The van der Waals surface area contributed by atoms with Gasteiger partial charge in [-0.05, 0) is 12.3 Å². The van der Waals surface area contributed by atoms with E-state index in [9.17, 15) is 0 Å². The van der Waals surface area contributed by atoms with Crippen molar-refractivity contribution in [2.75, 3.05) is 19.8 Å². The zero-order valence-electron chi connectivity index (χ0n) is 10.5. The summed E-state index contributed by atoms with van der Waals surface area (Å²) in [5.41, 5.74) is 6.03. The summed E-state index contributed by atoms with van der Waals surface area (Å²) in [4.78, 5) is 4.34. The van der Waals surface area contributed by atoms with Crippen molar-refractivity contribution in [2.24, 2.45) is 11.7 Å². The molecule has 0 aliphatic carbocycles. The molecule has 0 saturated carbocycles. The highest BCUT2D eigenvalue weighted by molar-refractivity contribution is 5.43. The van der Waals surface area contributed by atoms with E-state index in [-0.39, 0.29) is 0 Å². The molecule has 3 rings (SSSR count). The van der Waals surface area contributed by atoms with Crippen molar-refractivity contribution >= 4 is 0 Å². The highest BCUT2D eigenvalue weighted by Crippen LogP contribution is 2.19. The molecule has 1 aliphatic rings. The van der Waals surface area contributed by atoms with Crippen molar-refractivity contribution in [1.29, 1.82) is 0 Å². The summed E-state index contributed by atoms with van der Waals surface area (Å²) >= 11 is 0. The number of aromatic nitrogens is 5. The standard InChI is InChI=1S/C11H16N6O2/c12-2-3-17-6-9(14-16-17)11-13-10(15-19-11)5-8-1-4-18-7-8/h6,8H,1-5,7,12H2. The van der Waals surface area contributed by atoms with E-state index >= 15 is 0 Å². The normalized spacial score (nSPS) is 19.1. The van der Waals surface area contributed by atoms with E-state index in [1.54, 1.807) is 10.9 Å². The molecule has 8 nitrogen and oxygen atoms in total. The third kappa shape index (κ3) is 2.79. The lowest BCUT2D eigenvalue weighted by atomic mass is 10.1. The number of rotatable bonds is 5. The van der Waals surface area contributed by atoms with Crippen LogP contribution >= 0.6 is 0 Å². The van der Waals surface area contributed by atoms with Gasteiger partial charge in [0.15, 0.2) is 11.5 Å². The Kier molecular flexibility index (Phi) is 3.51. The van der Waals surface area contributed by atoms with E-state index < -0.39 is 0 Å². The average molecular weight is 264 g/mol. The molecule has 2 N–H and O–H groups in total. The SMILES string of the molecule is NCCn1cc(-c2nc(CC3CCOC3)no2)nn1. The monoisotopic (exact) mass is 264 g/mol. The molecule has 1 saturated heterocycles. The van der Waals surface area contributed by atoms with Crippen LogP contribution in [0.3, 0.4) is 0 Å². The van der Waals surface area contributed by atoms with Crippen LogP contribution in [0.5, 0.6) is 0 Å². The van der Waals surface area contributed by atoms with Crippen LogP contribution < -0.4 is 5.73 Å². The van der Waals surface area contributed by atoms with E-state index in [2.05, 4.69) is 20.5 Å². The van der Waals surface area contributed by atoms with Crippen molar-refractivity contribution in [2.45, 2.75) is 19.4 Å². The molecule has 1 aliphatic heterocycles. The van der Waals surface area contributed by atoms with Crippen molar-refractivity contribution in [3.63, 3.8) is 0 Å². The molecule has 1 atom stereocenters. The Labute approximate surface area is 109 Å². The van der Waals surface area contributed by atoms with Gasteiger partial charge in [0.05, 0.1) is 12.7 Å². The Morgan fingerprint density at radius 1 is 1.47 bits per heavy atom. The zero-order valence-corrected chi connectivity index (χ0v) is 10.5. The third-order valence-corrected chi connectivity index (χ3v) is 3.08. The number of hydrogen-bond donors (Lipinski definition) is 1. The maximum atomic E-state index is 5.45. The maximum Gasteiger partial charge on any atom is 0.280 e. The fourth-order valence-electron chi connectivity index (χ4n) is 2.08. The Balaban J connectivity index is 1.68. The van der Waals surface area contributed by atoms with Gasteiger partial charge in [0.25, 0.3) is 5.89 Å². The number of nitrogens with two attached hydrogens (primary N) is 1. The van der Waals surface area contributed by atoms with Crippen LogP contribution in [0.2, 0.25) is 0 Å². The van der Waals surface area contributed by atoms with Gasteiger partial charge in [0.1, 0.15) is 0 Å². The molecule has 8 heteroatoms. The first-order valence-corrected chi connectivity index (χ1v) is 6.36. The Morgan fingerprint density at radius 3 is 3.21 bits per heavy atom. The predicted molar refractivity (Wildman–Crippen MR) is 65.0 cm³/mol. The van der Waals surface area contributed by atoms with E-state index in [4.69, 9.17) is 15.0 Å². The van der Waals surface area contributed by atoms with E-state index in [0.29, 0.717) is 36.4 Å². The number of hydrogen-bond acceptors (Lipinski definition) is 7. The molecule has 0 radical (unpaired) electrons. The molecular weight excluding hydrogens is 248 g/mol. The molecule has 0 spiro atoms. The lowest BCUT2D eigenvalue weighted by molar-refractivity contribution is 0.185. The summed E-state index contributed by atoms with van der Waals surface area (Å²) in [6.07, 6.45) is 3.58. The third-order valence-electron chi connectivity index (χ3n) is 3.08. The van der Waals surface area contributed by atoms with Gasteiger partial charge in [-0.25, -0.2) is 0 Å². The topological polar surface area (TPSA) is 105 Å². The van der Waals surface area contributed by atoms with Gasteiger partial charge in [-0.3, -0.25) is 4.68 Å². The molecule has 0 bridgehead atoms. The van der Waals surface area contributed by atoms with Crippen molar-refractivity contribution in [3.05, 3.63) is 12.0 Å². The molecule has 102 valence electrons. The first-order valence-electron chi connectivity index (χ1n) is 6.36. The quantitative estimate of drug-likeness (QED) is 0.801. The Morgan fingerprint density at radius 2 is 2.42 bits per heavy atom. The van der Waals surface area contributed by atoms with Crippen molar-refractivity contribution < 1.29 is 9.26 Å². The van der Waals surface area contributed by atoms with Crippen molar-refractivity contribution in [1.82, 2.24) is 25.1 Å². The van der Waals surface area contributed by atoms with Crippen LogP contribution in [0.15, 0.2) is 10.7 Å². The second kappa shape index (κ2) is 5.45. The molecule has 1 fully saturated rings. The van der Waals surface area contributed by atoms with Crippen LogP contribution in [0, 0.1) is 5.92 Å². The fraction of sp³-hybridized carbons (Fsp3) is 0.636. The second-order valence-corrected chi connectivity index (χ2v) is 4.61. The highest BCUT2D eigenvalue weighted by Gasteiger charge is 2.20. The van der Waals surface area contributed by atoms with Gasteiger partial charge < -0.3 is 15.0 Å². The zero-order chi connectivity index (χ0) is 13.1. The Hall–Kier alpha value is -1.80. The highest BCUT2D eigenvalue weighted by atomic mass is 16.5. The van der Waals surface area contributed by atoms with Crippen LogP contribution in [0.25, 0.3) is 11.6 Å². The summed E-state index contributed by atoms with van der Waals surface area (Å²) in [5, 5.41) is 11.9. The summed E-state index contributed by atoms with van der Waals surface area (Å²) < 4.78 is 12.2. The summed E-state index contributed by atoms with van der Waals surface area (Å²) in [5.74, 6) is 1.58. The molecule has 2 aromatic rings. The number of nitrogens with zero attached hydrogens (tertiary/aromatic N) is 5. The lowest BCUT2D eigenvalue weighted by Gasteiger charge is -2.00. The average Bonchev–Trinajstić information content (AvgIpc) is 3.10.